The topological polar surface area (TPSA) is 81.9 Å². The molecule has 7 heteroatoms. The summed E-state index contributed by atoms with van der Waals surface area (Å²) in [4.78, 5) is 11.5. The number of tetrazole rings is 1. The maximum Gasteiger partial charge on any atom is 0.224 e. The lowest BCUT2D eigenvalue weighted by Crippen LogP contribution is -2.20. The van der Waals surface area contributed by atoms with Gasteiger partial charge >= 0.3 is 0 Å². The van der Waals surface area contributed by atoms with Crippen LogP contribution < -0.4 is 10.1 Å². The van der Waals surface area contributed by atoms with E-state index < -0.39 is 0 Å². The molecule has 1 N–H and O–H groups in total. The minimum atomic E-state index is 0.0838. The van der Waals surface area contributed by atoms with Gasteiger partial charge in [0.15, 0.2) is 5.82 Å². The van der Waals surface area contributed by atoms with Gasteiger partial charge in [-0.15, -0.1) is 5.10 Å². The molecule has 2 aromatic rings. The third-order valence-electron chi connectivity index (χ3n) is 5.52. The lowest BCUT2D eigenvalue weighted by molar-refractivity contribution is -0.116. The molecule has 1 aromatic carbocycles. The Morgan fingerprint density at radius 3 is 2.96 bits per heavy atom. The van der Waals surface area contributed by atoms with Gasteiger partial charge in [-0.3, -0.25) is 4.79 Å². The summed E-state index contributed by atoms with van der Waals surface area (Å²) in [6.45, 7) is 2.78. The van der Waals surface area contributed by atoms with Crippen LogP contribution in [0.2, 0.25) is 0 Å². The van der Waals surface area contributed by atoms with E-state index in [-0.39, 0.29) is 5.91 Å². The van der Waals surface area contributed by atoms with Crippen molar-refractivity contribution in [2.45, 2.75) is 64.3 Å². The van der Waals surface area contributed by atoms with Gasteiger partial charge in [-0.05, 0) is 59.4 Å². The van der Waals surface area contributed by atoms with Gasteiger partial charge in [0, 0.05) is 18.5 Å². The van der Waals surface area contributed by atoms with Crippen molar-refractivity contribution in [3.05, 3.63) is 29.6 Å². The van der Waals surface area contributed by atoms with Gasteiger partial charge in [0.05, 0.1) is 12.6 Å². The summed E-state index contributed by atoms with van der Waals surface area (Å²) in [5, 5.41) is 15.3. The zero-order chi connectivity index (χ0) is 18.6. The third kappa shape index (κ3) is 4.28. The average molecular weight is 369 g/mol. The van der Waals surface area contributed by atoms with E-state index in [9.17, 15) is 4.79 Å². The molecule has 4 rings (SSSR count). The minimum absolute atomic E-state index is 0.0838. The normalized spacial score (nSPS) is 18.6. The molecule has 1 aliphatic carbocycles. The number of amides is 1. The molecule has 1 aliphatic heterocycles. The smallest absolute Gasteiger partial charge is 0.224 e. The number of rotatable bonds is 6. The van der Waals surface area contributed by atoms with Crippen molar-refractivity contribution in [3.8, 4) is 5.75 Å². The minimum Gasteiger partial charge on any atom is -0.493 e. The van der Waals surface area contributed by atoms with E-state index in [1.807, 2.05) is 22.9 Å². The summed E-state index contributed by atoms with van der Waals surface area (Å²) in [6, 6.07) is 6.33. The number of benzene rings is 1. The number of fused-ring (bicyclic) bond motifs is 1. The molecule has 1 atom stereocenters. The number of aryl methyl sites for hydroxylation is 1. The number of ether oxygens (including phenoxy) is 1. The summed E-state index contributed by atoms with van der Waals surface area (Å²) in [5.41, 5.74) is 2.04. The fraction of sp³-hybridized carbons (Fsp3) is 0.600. The van der Waals surface area contributed by atoms with E-state index >= 15 is 0 Å². The number of aromatic nitrogens is 4. The van der Waals surface area contributed by atoms with Gasteiger partial charge in [0.25, 0.3) is 0 Å². The average Bonchev–Trinajstić information content (AvgIpc) is 3.15. The molecule has 0 spiro atoms. The maximum absolute atomic E-state index is 11.5. The summed E-state index contributed by atoms with van der Waals surface area (Å²) in [6.07, 6.45) is 8.32. The Morgan fingerprint density at radius 2 is 2.11 bits per heavy atom. The second kappa shape index (κ2) is 8.06. The van der Waals surface area contributed by atoms with Crippen molar-refractivity contribution in [2.75, 3.05) is 11.9 Å². The molecule has 1 fully saturated rings. The maximum atomic E-state index is 11.5. The zero-order valence-corrected chi connectivity index (χ0v) is 15.9. The van der Waals surface area contributed by atoms with Crippen LogP contribution in [-0.2, 0) is 17.6 Å². The summed E-state index contributed by atoms with van der Waals surface area (Å²) in [7, 11) is 0. The van der Waals surface area contributed by atoms with Crippen molar-refractivity contribution in [3.63, 3.8) is 0 Å². The molecular formula is C20H27N5O2. The van der Waals surface area contributed by atoms with Crippen molar-refractivity contribution < 1.29 is 9.53 Å². The van der Waals surface area contributed by atoms with Crippen molar-refractivity contribution in [1.82, 2.24) is 20.2 Å². The standard InChI is InChI=1S/C20H27N5O2/c1-14(11-19-22-23-24-25(19)16-5-3-2-4-6-16)13-27-17-8-9-18-15(12-17)7-10-20(26)21-18/h8-9,12,14,16H,2-7,10-11,13H2,1H3,(H,21,26). The first-order valence-corrected chi connectivity index (χ1v) is 10.0. The lowest BCUT2D eigenvalue weighted by atomic mass is 9.95. The Hall–Kier alpha value is -2.44. The van der Waals surface area contributed by atoms with Crippen LogP contribution in [0.3, 0.4) is 0 Å². The lowest BCUT2D eigenvalue weighted by Gasteiger charge is -2.23. The summed E-state index contributed by atoms with van der Waals surface area (Å²) < 4.78 is 8.04. The van der Waals surface area contributed by atoms with E-state index in [0.29, 0.717) is 25.0 Å². The Bertz CT molecular complexity index is 797. The Balaban J connectivity index is 1.33. The van der Waals surface area contributed by atoms with Crippen molar-refractivity contribution in [1.29, 1.82) is 0 Å². The molecule has 1 amide bonds. The molecule has 2 heterocycles. The number of hydrogen-bond donors (Lipinski definition) is 1. The van der Waals surface area contributed by atoms with Gasteiger partial charge in [-0.25, -0.2) is 4.68 Å². The van der Waals surface area contributed by atoms with Crippen LogP contribution in [0.5, 0.6) is 5.75 Å². The van der Waals surface area contributed by atoms with Crippen molar-refractivity contribution >= 4 is 11.6 Å². The number of hydrogen-bond acceptors (Lipinski definition) is 5. The highest BCUT2D eigenvalue weighted by atomic mass is 16.5. The van der Waals surface area contributed by atoms with Crippen LogP contribution in [0, 0.1) is 5.92 Å². The molecule has 144 valence electrons. The summed E-state index contributed by atoms with van der Waals surface area (Å²) >= 11 is 0. The van der Waals surface area contributed by atoms with Crippen LogP contribution >= 0.6 is 0 Å². The van der Waals surface area contributed by atoms with E-state index in [0.717, 1.165) is 35.7 Å². The zero-order valence-electron chi connectivity index (χ0n) is 15.9. The van der Waals surface area contributed by atoms with E-state index in [4.69, 9.17) is 4.74 Å². The fourth-order valence-corrected chi connectivity index (χ4v) is 4.01. The first kappa shape index (κ1) is 17.9. The first-order valence-electron chi connectivity index (χ1n) is 10.0. The Kier molecular flexibility index (Phi) is 5.36. The second-order valence-corrected chi connectivity index (χ2v) is 7.82. The van der Waals surface area contributed by atoms with Crippen LogP contribution in [-0.4, -0.2) is 32.7 Å². The third-order valence-corrected chi connectivity index (χ3v) is 5.52. The quantitative estimate of drug-likeness (QED) is 0.845. The molecule has 0 saturated heterocycles. The SMILES string of the molecule is CC(COc1ccc2c(c1)CCC(=O)N2)Cc1nnnn1C1CCCCC1. The Morgan fingerprint density at radius 1 is 1.26 bits per heavy atom. The highest BCUT2D eigenvalue weighted by molar-refractivity contribution is 5.93. The van der Waals surface area contributed by atoms with Crippen LogP contribution in [0.15, 0.2) is 18.2 Å². The van der Waals surface area contributed by atoms with Gasteiger partial charge in [0.2, 0.25) is 5.91 Å². The molecule has 0 bridgehead atoms. The second-order valence-electron chi connectivity index (χ2n) is 7.82. The molecule has 7 nitrogen and oxygen atoms in total. The molecule has 0 radical (unpaired) electrons. The van der Waals surface area contributed by atoms with Crippen LogP contribution in [0.1, 0.15) is 62.9 Å². The van der Waals surface area contributed by atoms with Gasteiger partial charge in [-0.2, -0.15) is 0 Å². The van der Waals surface area contributed by atoms with Gasteiger partial charge < -0.3 is 10.1 Å². The number of anilines is 1. The summed E-state index contributed by atoms with van der Waals surface area (Å²) in [5.74, 6) is 2.21. The van der Waals surface area contributed by atoms with Gasteiger partial charge in [0.1, 0.15) is 5.75 Å². The number of carbonyl (C=O) groups is 1. The monoisotopic (exact) mass is 369 g/mol. The molecule has 1 unspecified atom stereocenters. The van der Waals surface area contributed by atoms with E-state index in [1.54, 1.807) is 0 Å². The Labute approximate surface area is 159 Å². The molecule has 2 aliphatic rings. The van der Waals surface area contributed by atoms with Crippen LogP contribution in [0.25, 0.3) is 0 Å². The van der Waals surface area contributed by atoms with E-state index in [2.05, 4.69) is 27.8 Å². The predicted molar refractivity (Wildman–Crippen MR) is 102 cm³/mol. The largest absolute Gasteiger partial charge is 0.493 e. The van der Waals surface area contributed by atoms with Crippen LogP contribution in [0.4, 0.5) is 5.69 Å². The molecule has 1 aromatic heterocycles. The molecular weight excluding hydrogens is 342 g/mol. The highest BCUT2D eigenvalue weighted by Crippen LogP contribution is 2.29. The van der Waals surface area contributed by atoms with E-state index in [1.165, 1.54) is 32.1 Å². The predicted octanol–water partition coefficient (Wildman–Crippen LogP) is 3.32. The molecule has 1 saturated carbocycles. The molecule has 27 heavy (non-hydrogen) atoms. The van der Waals surface area contributed by atoms with Crippen molar-refractivity contribution in [2.24, 2.45) is 5.92 Å². The number of nitrogens with one attached hydrogen (secondary N) is 1. The number of carbonyl (C=O) groups excluding carboxylic acids is 1. The number of nitrogens with zero attached hydrogens (tertiary/aromatic N) is 4. The highest BCUT2D eigenvalue weighted by Gasteiger charge is 2.21. The first-order chi connectivity index (χ1) is 13.2. The van der Waals surface area contributed by atoms with Gasteiger partial charge in [-0.1, -0.05) is 26.2 Å². The fourth-order valence-electron chi connectivity index (χ4n) is 4.01.